The molecule has 116 valence electrons. The average Bonchev–Trinajstić information content (AvgIpc) is 2.80. The molecule has 5 nitrogen and oxygen atoms in total. The summed E-state index contributed by atoms with van der Waals surface area (Å²) in [6, 6.07) is 12.5. The van der Waals surface area contributed by atoms with Crippen molar-refractivity contribution in [3.63, 3.8) is 0 Å². The standard InChI is InChI=1S/C15H14O5S2/c1-20-12-7-3-5-9-14(12)22(18,19)15-10-21(16,17)13-8-4-2-6-11(13)15/h2-9,15H,10H2,1H3. The van der Waals surface area contributed by atoms with E-state index in [0.29, 0.717) is 5.56 Å². The summed E-state index contributed by atoms with van der Waals surface area (Å²) in [6.45, 7) is 0. The molecule has 0 saturated heterocycles. The van der Waals surface area contributed by atoms with Gasteiger partial charge in [-0.25, -0.2) is 16.8 Å². The number of methoxy groups -OCH3 is 1. The van der Waals surface area contributed by atoms with Gasteiger partial charge in [0.1, 0.15) is 15.9 Å². The van der Waals surface area contributed by atoms with E-state index >= 15 is 0 Å². The van der Waals surface area contributed by atoms with Crippen molar-refractivity contribution in [2.24, 2.45) is 0 Å². The molecule has 0 radical (unpaired) electrons. The lowest BCUT2D eigenvalue weighted by atomic mass is 10.2. The number of sulfone groups is 2. The fraction of sp³-hybridized carbons (Fsp3) is 0.200. The van der Waals surface area contributed by atoms with E-state index in [-0.39, 0.29) is 15.5 Å². The predicted molar refractivity (Wildman–Crippen MR) is 81.4 cm³/mol. The first-order valence-corrected chi connectivity index (χ1v) is 9.76. The van der Waals surface area contributed by atoms with Crippen LogP contribution in [0.3, 0.4) is 0 Å². The fourth-order valence-electron chi connectivity index (χ4n) is 2.67. The molecule has 22 heavy (non-hydrogen) atoms. The zero-order valence-electron chi connectivity index (χ0n) is 11.8. The Balaban J connectivity index is 2.20. The normalized spacial score (nSPS) is 19.6. The molecule has 1 heterocycles. The van der Waals surface area contributed by atoms with Crippen LogP contribution in [-0.2, 0) is 19.7 Å². The van der Waals surface area contributed by atoms with Crippen molar-refractivity contribution >= 4 is 19.7 Å². The van der Waals surface area contributed by atoms with Crippen molar-refractivity contribution in [2.75, 3.05) is 12.9 Å². The molecule has 1 aliphatic heterocycles. The van der Waals surface area contributed by atoms with Crippen LogP contribution in [0.25, 0.3) is 0 Å². The minimum atomic E-state index is -3.87. The smallest absolute Gasteiger partial charge is 0.190 e. The van der Waals surface area contributed by atoms with E-state index in [1.807, 2.05) is 0 Å². The highest BCUT2D eigenvalue weighted by atomic mass is 32.2. The summed E-state index contributed by atoms with van der Waals surface area (Å²) < 4.78 is 55.3. The first kappa shape index (κ1) is 15.1. The van der Waals surface area contributed by atoms with Gasteiger partial charge in [-0.1, -0.05) is 30.3 Å². The monoisotopic (exact) mass is 338 g/mol. The summed E-state index contributed by atoms with van der Waals surface area (Å²) in [7, 11) is -6.07. The van der Waals surface area contributed by atoms with Gasteiger partial charge in [0.15, 0.2) is 19.7 Å². The highest BCUT2D eigenvalue weighted by Crippen LogP contribution is 2.42. The van der Waals surface area contributed by atoms with E-state index < -0.39 is 30.7 Å². The largest absolute Gasteiger partial charge is 0.495 e. The van der Waals surface area contributed by atoms with Gasteiger partial charge in [0.05, 0.1) is 17.8 Å². The van der Waals surface area contributed by atoms with Crippen LogP contribution in [0.4, 0.5) is 0 Å². The Morgan fingerprint density at radius 3 is 2.41 bits per heavy atom. The lowest BCUT2D eigenvalue weighted by Gasteiger charge is -2.14. The zero-order chi connectivity index (χ0) is 16.0. The molecule has 0 amide bonds. The summed E-state index contributed by atoms with van der Waals surface area (Å²) in [5.41, 5.74) is 0.327. The summed E-state index contributed by atoms with van der Waals surface area (Å²) >= 11 is 0. The number of rotatable bonds is 3. The zero-order valence-corrected chi connectivity index (χ0v) is 13.4. The minimum Gasteiger partial charge on any atom is -0.495 e. The first-order valence-electron chi connectivity index (χ1n) is 6.56. The molecule has 1 atom stereocenters. The molecule has 7 heteroatoms. The van der Waals surface area contributed by atoms with Crippen LogP contribution in [0.2, 0.25) is 0 Å². The van der Waals surface area contributed by atoms with Crippen molar-refractivity contribution < 1.29 is 21.6 Å². The summed E-state index contributed by atoms with van der Waals surface area (Å²) in [4.78, 5) is 0.105. The van der Waals surface area contributed by atoms with E-state index in [2.05, 4.69) is 0 Å². The summed E-state index contributed by atoms with van der Waals surface area (Å²) in [6.07, 6.45) is 0. The topological polar surface area (TPSA) is 77.5 Å². The van der Waals surface area contributed by atoms with E-state index in [1.54, 1.807) is 36.4 Å². The number of hydrogen-bond donors (Lipinski definition) is 0. The van der Waals surface area contributed by atoms with Gasteiger partial charge in [-0.3, -0.25) is 0 Å². The lowest BCUT2D eigenvalue weighted by molar-refractivity contribution is 0.402. The average molecular weight is 338 g/mol. The van der Waals surface area contributed by atoms with Gasteiger partial charge < -0.3 is 4.74 Å². The Morgan fingerprint density at radius 1 is 1.05 bits per heavy atom. The van der Waals surface area contributed by atoms with Gasteiger partial charge in [0.2, 0.25) is 0 Å². The van der Waals surface area contributed by atoms with Gasteiger partial charge in [-0.2, -0.15) is 0 Å². The van der Waals surface area contributed by atoms with E-state index in [0.717, 1.165) is 0 Å². The third-order valence-corrected chi connectivity index (χ3v) is 7.87. The van der Waals surface area contributed by atoms with Crippen molar-refractivity contribution in [3.05, 3.63) is 54.1 Å². The van der Waals surface area contributed by atoms with Crippen LogP contribution >= 0.6 is 0 Å². The van der Waals surface area contributed by atoms with Crippen molar-refractivity contribution in [1.29, 1.82) is 0 Å². The van der Waals surface area contributed by atoms with Crippen molar-refractivity contribution in [3.8, 4) is 5.75 Å². The maximum absolute atomic E-state index is 12.9. The number of benzene rings is 2. The van der Waals surface area contributed by atoms with E-state index in [4.69, 9.17) is 4.74 Å². The Kier molecular flexibility index (Phi) is 3.49. The highest BCUT2D eigenvalue weighted by Gasteiger charge is 2.43. The first-order chi connectivity index (χ1) is 10.4. The second kappa shape index (κ2) is 5.10. The van der Waals surface area contributed by atoms with Gasteiger partial charge in [-0.15, -0.1) is 0 Å². The molecular weight excluding hydrogens is 324 g/mol. The number of fused-ring (bicyclic) bond motifs is 1. The van der Waals surface area contributed by atoms with E-state index in [9.17, 15) is 16.8 Å². The molecule has 0 fully saturated rings. The Labute approximate surface area is 129 Å². The van der Waals surface area contributed by atoms with Crippen molar-refractivity contribution in [2.45, 2.75) is 15.0 Å². The SMILES string of the molecule is COc1ccccc1S(=O)(=O)C1CS(=O)(=O)c2ccccc21. The van der Waals surface area contributed by atoms with Crippen LogP contribution in [-0.4, -0.2) is 29.7 Å². The molecule has 2 aromatic carbocycles. The molecule has 0 saturated carbocycles. The third kappa shape index (κ3) is 2.21. The lowest BCUT2D eigenvalue weighted by Crippen LogP contribution is -2.16. The molecule has 3 rings (SSSR count). The minimum absolute atomic E-state index is 0.00871. The maximum Gasteiger partial charge on any atom is 0.190 e. The van der Waals surface area contributed by atoms with Gasteiger partial charge >= 0.3 is 0 Å². The molecule has 0 aliphatic carbocycles. The third-order valence-electron chi connectivity index (χ3n) is 3.72. The number of para-hydroxylation sites is 1. The van der Waals surface area contributed by atoms with Crippen LogP contribution in [0.5, 0.6) is 5.75 Å². The molecule has 0 aromatic heterocycles. The van der Waals surface area contributed by atoms with Crippen LogP contribution in [0.15, 0.2) is 58.3 Å². The summed E-state index contributed by atoms with van der Waals surface area (Å²) in [5, 5.41) is -1.11. The second-order valence-electron chi connectivity index (χ2n) is 5.00. The molecule has 1 unspecified atom stereocenters. The molecule has 0 N–H and O–H groups in total. The Bertz CT molecular complexity index is 930. The quantitative estimate of drug-likeness (QED) is 0.855. The molecule has 0 bridgehead atoms. The van der Waals surface area contributed by atoms with Gasteiger partial charge in [0.25, 0.3) is 0 Å². The second-order valence-corrected chi connectivity index (χ2v) is 9.11. The van der Waals surface area contributed by atoms with Crippen LogP contribution < -0.4 is 4.74 Å². The number of ether oxygens (including phenoxy) is 1. The molecule has 2 aromatic rings. The van der Waals surface area contributed by atoms with Crippen molar-refractivity contribution in [1.82, 2.24) is 0 Å². The fourth-order valence-corrected chi connectivity index (χ4v) is 7.16. The molecular formula is C15H14O5S2. The number of hydrogen-bond acceptors (Lipinski definition) is 5. The van der Waals surface area contributed by atoms with Gasteiger partial charge in [-0.05, 0) is 23.8 Å². The highest BCUT2D eigenvalue weighted by molar-refractivity contribution is 7.96. The predicted octanol–water partition coefficient (Wildman–Crippen LogP) is 2.00. The van der Waals surface area contributed by atoms with Crippen LogP contribution in [0, 0.1) is 0 Å². The Hall–Kier alpha value is -1.86. The molecule has 1 aliphatic rings. The van der Waals surface area contributed by atoms with Gasteiger partial charge in [0, 0.05) is 0 Å². The Morgan fingerprint density at radius 2 is 1.68 bits per heavy atom. The molecule has 0 spiro atoms. The summed E-state index contributed by atoms with van der Waals surface area (Å²) in [5.74, 6) is -0.225. The van der Waals surface area contributed by atoms with Crippen LogP contribution in [0.1, 0.15) is 10.8 Å². The maximum atomic E-state index is 12.9. The van der Waals surface area contributed by atoms with E-state index in [1.165, 1.54) is 19.2 Å².